The van der Waals surface area contributed by atoms with E-state index in [9.17, 15) is 18.4 Å². The molecule has 0 bridgehead atoms. The van der Waals surface area contributed by atoms with Gasteiger partial charge in [-0.2, -0.15) is 8.78 Å². The number of piperazine rings is 1. The Morgan fingerprint density at radius 1 is 1.16 bits per heavy atom. The molecule has 1 aromatic rings. The highest BCUT2D eigenvalue weighted by molar-refractivity contribution is 5.96. The second kappa shape index (κ2) is 10.8. The van der Waals surface area contributed by atoms with Crippen LogP contribution < -0.4 is 20.1 Å². The zero-order valence-corrected chi connectivity index (χ0v) is 18.8. The number of nitrogens with zero attached hydrogens (tertiary/aromatic N) is 2. The normalized spacial score (nSPS) is 19.6. The number of hydrogen-bond donors (Lipinski definition) is 1. The van der Waals surface area contributed by atoms with Crippen molar-refractivity contribution in [1.82, 2.24) is 4.90 Å². The first-order valence-electron chi connectivity index (χ1n) is 11.3. The number of nitrogens with two attached hydrogens (primary N) is 1. The predicted octanol–water partition coefficient (Wildman–Crippen LogP) is 3.55. The zero-order chi connectivity index (χ0) is 23.3. The van der Waals surface area contributed by atoms with E-state index in [1.54, 1.807) is 17.0 Å². The molecule has 2 aliphatic rings. The number of primary amides is 1. The molecule has 2 amide bonds. The number of halogens is 2. The van der Waals surface area contributed by atoms with Crippen LogP contribution in [0, 0.1) is 5.92 Å². The van der Waals surface area contributed by atoms with E-state index in [-0.39, 0.29) is 30.2 Å². The van der Waals surface area contributed by atoms with Crippen molar-refractivity contribution in [3.63, 3.8) is 0 Å². The van der Waals surface area contributed by atoms with Crippen LogP contribution in [0.4, 0.5) is 14.5 Å². The van der Waals surface area contributed by atoms with Crippen LogP contribution in [0.2, 0.25) is 0 Å². The largest absolute Gasteiger partial charge is 0.486 e. The van der Waals surface area contributed by atoms with Gasteiger partial charge in [-0.1, -0.05) is 13.8 Å². The highest BCUT2D eigenvalue weighted by Crippen LogP contribution is 2.37. The average Bonchev–Trinajstić information content (AvgIpc) is 3.21. The number of hydrogen-bond acceptors (Lipinski definition) is 5. The molecule has 2 fully saturated rings. The predicted molar refractivity (Wildman–Crippen MR) is 117 cm³/mol. The van der Waals surface area contributed by atoms with Crippen LogP contribution in [0.25, 0.3) is 0 Å². The molecule has 1 unspecified atom stereocenters. The van der Waals surface area contributed by atoms with E-state index in [4.69, 9.17) is 10.5 Å². The maximum Gasteiger partial charge on any atom is 0.387 e. The molecule has 1 aliphatic carbocycles. The Morgan fingerprint density at radius 2 is 1.88 bits per heavy atom. The zero-order valence-electron chi connectivity index (χ0n) is 18.8. The topological polar surface area (TPSA) is 85.1 Å². The fourth-order valence-corrected chi connectivity index (χ4v) is 4.58. The molecular weight excluding hydrogens is 420 g/mol. The molecule has 1 aromatic carbocycles. The minimum atomic E-state index is -2.93. The molecule has 1 saturated heterocycles. The first-order valence-corrected chi connectivity index (χ1v) is 11.3. The second-order valence-electron chi connectivity index (χ2n) is 8.99. The van der Waals surface area contributed by atoms with Crippen LogP contribution in [0.1, 0.15) is 52.4 Å². The summed E-state index contributed by atoms with van der Waals surface area (Å²) in [6.07, 6.45) is 4.40. The number of benzene rings is 1. The third-order valence-electron chi connectivity index (χ3n) is 5.98. The number of anilines is 1. The Labute approximate surface area is 187 Å². The standard InChI is InChI=1S/C23H33F2N3O4/c1-15(2)11-17-14-27(9-10-28(17)22(30)13-21(26)29)16-7-8-19(32-23(24)25)20(12-16)31-18-5-3-4-6-18/h7-8,12,15,17-18,23H,3-6,9-11,13-14H2,1-2H3,(H2,26,29). The maximum atomic E-state index is 12.9. The van der Waals surface area contributed by atoms with Crippen molar-refractivity contribution in [1.29, 1.82) is 0 Å². The van der Waals surface area contributed by atoms with Gasteiger partial charge in [-0.25, -0.2) is 0 Å². The van der Waals surface area contributed by atoms with E-state index in [1.165, 1.54) is 6.07 Å². The molecule has 178 valence electrons. The van der Waals surface area contributed by atoms with Crippen LogP contribution >= 0.6 is 0 Å². The van der Waals surface area contributed by atoms with Crippen LogP contribution in [0.3, 0.4) is 0 Å². The number of alkyl halides is 2. The summed E-state index contributed by atoms with van der Waals surface area (Å²) >= 11 is 0. The van der Waals surface area contributed by atoms with Gasteiger partial charge >= 0.3 is 6.61 Å². The van der Waals surface area contributed by atoms with Crippen molar-refractivity contribution < 1.29 is 27.8 Å². The number of carbonyl (C=O) groups is 2. The summed E-state index contributed by atoms with van der Waals surface area (Å²) in [7, 11) is 0. The van der Waals surface area contributed by atoms with Crippen LogP contribution in [-0.2, 0) is 9.59 Å². The SMILES string of the molecule is CC(C)CC1CN(c2ccc(OC(F)F)c(OC3CCCC3)c2)CCN1C(=O)CC(N)=O. The first kappa shape index (κ1) is 24.1. The van der Waals surface area contributed by atoms with Crippen molar-refractivity contribution in [3.8, 4) is 11.5 Å². The lowest BCUT2D eigenvalue weighted by Gasteiger charge is -2.43. The molecule has 3 rings (SSSR count). The van der Waals surface area contributed by atoms with Gasteiger partial charge < -0.3 is 25.0 Å². The summed E-state index contributed by atoms with van der Waals surface area (Å²) in [5.41, 5.74) is 6.05. The van der Waals surface area contributed by atoms with Crippen molar-refractivity contribution >= 4 is 17.5 Å². The van der Waals surface area contributed by atoms with Gasteiger partial charge in [-0.05, 0) is 50.2 Å². The first-order chi connectivity index (χ1) is 15.2. The highest BCUT2D eigenvalue weighted by Gasteiger charge is 2.32. The Kier molecular flexibility index (Phi) is 8.15. The third-order valence-corrected chi connectivity index (χ3v) is 5.98. The average molecular weight is 454 g/mol. The summed E-state index contributed by atoms with van der Waals surface area (Å²) < 4.78 is 36.5. The van der Waals surface area contributed by atoms with Gasteiger partial charge in [0.2, 0.25) is 11.8 Å². The highest BCUT2D eigenvalue weighted by atomic mass is 19.3. The van der Waals surface area contributed by atoms with Crippen LogP contribution in [0.5, 0.6) is 11.5 Å². The molecular formula is C23H33F2N3O4. The van der Waals surface area contributed by atoms with E-state index in [1.807, 2.05) is 0 Å². The van der Waals surface area contributed by atoms with Crippen molar-refractivity contribution in [2.75, 3.05) is 24.5 Å². The van der Waals surface area contributed by atoms with Gasteiger partial charge in [0.25, 0.3) is 0 Å². The van der Waals surface area contributed by atoms with E-state index in [2.05, 4.69) is 23.5 Å². The molecule has 0 spiro atoms. The van der Waals surface area contributed by atoms with Gasteiger partial charge in [-0.15, -0.1) is 0 Å². The van der Waals surface area contributed by atoms with Gasteiger partial charge in [0.05, 0.1) is 6.10 Å². The lowest BCUT2D eigenvalue weighted by molar-refractivity contribution is -0.137. The monoisotopic (exact) mass is 453 g/mol. The fourth-order valence-electron chi connectivity index (χ4n) is 4.58. The van der Waals surface area contributed by atoms with Gasteiger partial charge in [-0.3, -0.25) is 9.59 Å². The maximum absolute atomic E-state index is 12.9. The number of amides is 2. The summed E-state index contributed by atoms with van der Waals surface area (Å²) in [5.74, 6) is -0.184. The molecule has 9 heteroatoms. The lowest BCUT2D eigenvalue weighted by Crippen LogP contribution is -2.56. The molecule has 1 saturated carbocycles. The molecule has 0 aromatic heterocycles. The van der Waals surface area contributed by atoms with E-state index >= 15 is 0 Å². The summed E-state index contributed by atoms with van der Waals surface area (Å²) in [4.78, 5) is 27.6. The van der Waals surface area contributed by atoms with Crippen LogP contribution in [0.15, 0.2) is 18.2 Å². The Bertz CT molecular complexity index is 799. The molecule has 0 radical (unpaired) electrons. The van der Waals surface area contributed by atoms with E-state index in [0.29, 0.717) is 31.3 Å². The summed E-state index contributed by atoms with van der Waals surface area (Å²) in [5, 5.41) is 0. The van der Waals surface area contributed by atoms with E-state index in [0.717, 1.165) is 37.8 Å². The molecule has 32 heavy (non-hydrogen) atoms. The molecule has 1 aliphatic heterocycles. The third kappa shape index (κ3) is 6.46. The number of ether oxygens (including phenoxy) is 2. The number of carbonyl (C=O) groups excluding carboxylic acids is 2. The van der Waals surface area contributed by atoms with Gasteiger partial charge in [0.15, 0.2) is 11.5 Å². The fraction of sp³-hybridized carbons (Fsp3) is 0.652. The molecule has 1 atom stereocenters. The summed E-state index contributed by atoms with van der Waals surface area (Å²) in [6, 6.07) is 4.94. The molecule has 7 nitrogen and oxygen atoms in total. The Morgan fingerprint density at radius 3 is 2.50 bits per heavy atom. The quantitative estimate of drug-likeness (QED) is 0.578. The number of rotatable bonds is 9. The van der Waals surface area contributed by atoms with Gasteiger partial charge in [0.1, 0.15) is 6.42 Å². The smallest absolute Gasteiger partial charge is 0.387 e. The van der Waals surface area contributed by atoms with Crippen molar-refractivity contribution in [2.45, 2.75) is 71.1 Å². The van der Waals surface area contributed by atoms with Crippen LogP contribution in [-0.4, -0.2) is 55.1 Å². The lowest BCUT2D eigenvalue weighted by atomic mass is 9.99. The molecule has 1 heterocycles. The van der Waals surface area contributed by atoms with Crippen molar-refractivity contribution in [2.24, 2.45) is 11.7 Å². The Balaban J connectivity index is 1.79. The minimum absolute atomic E-state index is 0.00207. The van der Waals surface area contributed by atoms with Crippen molar-refractivity contribution in [3.05, 3.63) is 18.2 Å². The Hall–Kier alpha value is -2.58. The van der Waals surface area contributed by atoms with Gasteiger partial charge in [0, 0.05) is 37.4 Å². The van der Waals surface area contributed by atoms with E-state index < -0.39 is 12.5 Å². The summed E-state index contributed by atoms with van der Waals surface area (Å²) in [6.45, 7) is 2.82. The second-order valence-corrected chi connectivity index (χ2v) is 8.99. The molecule has 2 N–H and O–H groups in total. The minimum Gasteiger partial charge on any atom is -0.486 e.